The number of rotatable bonds is 9. The van der Waals surface area contributed by atoms with E-state index >= 15 is 0 Å². The number of benzene rings is 10. The topological polar surface area (TPSA) is 4.93 Å². The molecular weight excluding hydrogens is 767 g/mol. The summed E-state index contributed by atoms with van der Waals surface area (Å²) in [5.41, 5.74) is 13.2. The zero-order valence-electron chi connectivity index (χ0n) is 34.2. The molecule has 0 aliphatic rings. The molecule has 0 unspecified atom stereocenters. The van der Waals surface area contributed by atoms with Crippen LogP contribution in [0.1, 0.15) is 0 Å². The molecule has 0 fully saturated rings. The van der Waals surface area contributed by atoms with Gasteiger partial charge < -0.3 is 4.57 Å². The van der Waals surface area contributed by atoms with E-state index in [0.29, 0.717) is 0 Å². The quantitative estimate of drug-likeness (QED) is 0.137. The third-order valence-corrected chi connectivity index (χ3v) is 16.1. The van der Waals surface area contributed by atoms with Crippen molar-refractivity contribution in [3.63, 3.8) is 0 Å². The molecule has 0 aliphatic carbocycles. The molecule has 0 saturated heterocycles. The van der Waals surface area contributed by atoms with Crippen LogP contribution in [0.25, 0.3) is 72.0 Å². The number of para-hydroxylation sites is 2. The van der Waals surface area contributed by atoms with E-state index in [2.05, 4.69) is 265 Å². The Hall–Kier alpha value is -7.65. The Balaban J connectivity index is 1.09. The van der Waals surface area contributed by atoms with Crippen LogP contribution in [0.2, 0.25) is 0 Å². The fourth-order valence-electron chi connectivity index (χ4n) is 9.13. The first-order valence-corrected chi connectivity index (χ1v) is 22.9. The summed E-state index contributed by atoms with van der Waals surface area (Å²) in [6.45, 7) is 0. The zero-order valence-corrected chi connectivity index (χ0v) is 35.0. The monoisotopic (exact) mass is 809 g/mol. The number of fused-ring (bicyclic) bond motifs is 3. The summed E-state index contributed by atoms with van der Waals surface area (Å²) >= 11 is 0. The maximum atomic E-state index is 2.45. The van der Waals surface area contributed by atoms with Gasteiger partial charge in [-0.25, -0.2) is 0 Å². The minimum Gasteiger partial charge on any atom is -0.309 e. The molecule has 0 atom stereocenters. The molecule has 0 bridgehead atoms. The lowest BCUT2D eigenvalue weighted by Gasteiger charge is -2.42. The molecule has 1 aromatic heterocycles. The largest absolute Gasteiger partial charge is 0.309 e. The predicted octanol–water partition coefficient (Wildman–Crippen LogP) is 16.8. The number of hydrogen-bond donors (Lipinski definition) is 0. The average molecular weight is 810 g/mol. The first kappa shape index (κ1) is 37.4. The van der Waals surface area contributed by atoms with Crippen LogP contribution >= 0.6 is 10.0 Å². The fourth-order valence-corrected chi connectivity index (χ4v) is 13.0. The van der Waals surface area contributed by atoms with Gasteiger partial charge in [0.2, 0.25) is 0 Å². The van der Waals surface area contributed by atoms with Gasteiger partial charge in [0.25, 0.3) is 0 Å². The van der Waals surface area contributed by atoms with E-state index < -0.39 is 10.0 Å². The second-order valence-corrected chi connectivity index (χ2v) is 18.8. The fraction of sp³-hybridized carbons (Fsp3) is 0. The Morgan fingerprint density at radius 1 is 0.226 bits per heavy atom. The number of hydrogen-bond acceptors (Lipinski definition) is 0. The highest BCUT2D eigenvalue weighted by Gasteiger charge is 2.34. The van der Waals surface area contributed by atoms with Gasteiger partial charge >= 0.3 is 0 Å². The minimum atomic E-state index is -2.04. The summed E-state index contributed by atoms with van der Waals surface area (Å²) in [7, 11) is -2.04. The van der Waals surface area contributed by atoms with Gasteiger partial charge in [0.15, 0.2) is 0 Å². The molecule has 62 heavy (non-hydrogen) atoms. The highest BCUT2D eigenvalue weighted by molar-refractivity contribution is 8.34. The normalized spacial score (nSPS) is 11.8. The van der Waals surface area contributed by atoms with Gasteiger partial charge in [-0.15, -0.1) is 10.0 Å². The van der Waals surface area contributed by atoms with E-state index in [0.717, 1.165) is 5.69 Å². The molecule has 0 saturated carbocycles. The summed E-state index contributed by atoms with van der Waals surface area (Å²) in [6, 6.07) is 96.0. The standard InChI is InChI=1S/C60H43NS/c1-4-15-44(16-5-1)47-29-37-53(38-30-47)62(54-39-31-48(32-40-54)45-17-6-2-7-18-45,55-41-33-49(34-42-55)46-19-8-3-9-20-46)56-22-14-21-51(43-56)50-27-35-52(36-28-50)61-59-25-12-10-23-57(59)58-24-11-13-26-60(58)61/h1-43H. The van der Waals surface area contributed by atoms with Crippen LogP contribution in [-0.4, -0.2) is 4.57 Å². The van der Waals surface area contributed by atoms with Crippen molar-refractivity contribution in [3.8, 4) is 50.2 Å². The number of nitrogens with zero attached hydrogens (tertiary/aromatic N) is 1. The second-order valence-electron chi connectivity index (χ2n) is 15.7. The third-order valence-electron chi connectivity index (χ3n) is 12.2. The first-order chi connectivity index (χ1) is 30.7. The van der Waals surface area contributed by atoms with Crippen molar-refractivity contribution in [3.05, 3.63) is 261 Å². The Kier molecular flexibility index (Phi) is 9.69. The molecule has 1 nitrogen and oxygen atoms in total. The molecule has 0 N–H and O–H groups in total. The van der Waals surface area contributed by atoms with Crippen molar-refractivity contribution in [1.29, 1.82) is 0 Å². The molecule has 1 heterocycles. The molecule has 0 radical (unpaired) electrons. The van der Waals surface area contributed by atoms with E-state index in [1.807, 2.05) is 0 Å². The predicted molar refractivity (Wildman–Crippen MR) is 263 cm³/mol. The van der Waals surface area contributed by atoms with Crippen LogP contribution in [0.3, 0.4) is 0 Å². The van der Waals surface area contributed by atoms with E-state index in [-0.39, 0.29) is 0 Å². The maximum Gasteiger partial charge on any atom is 0.0541 e. The van der Waals surface area contributed by atoms with Crippen molar-refractivity contribution in [2.45, 2.75) is 19.6 Å². The van der Waals surface area contributed by atoms with Gasteiger partial charge in [-0.05, 0) is 117 Å². The van der Waals surface area contributed by atoms with E-state index in [1.165, 1.54) is 85.9 Å². The Morgan fingerprint density at radius 3 is 0.968 bits per heavy atom. The molecule has 2 heteroatoms. The second kappa shape index (κ2) is 16.1. The smallest absolute Gasteiger partial charge is 0.0541 e. The molecule has 11 rings (SSSR count). The van der Waals surface area contributed by atoms with Crippen molar-refractivity contribution < 1.29 is 0 Å². The Labute approximate surface area is 365 Å². The third kappa shape index (κ3) is 6.62. The lowest BCUT2D eigenvalue weighted by atomic mass is 10.1. The Morgan fingerprint density at radius 2 is 0.548 bits per heavy atom. The molecule has 11 aromatic rings. The van der Waals surface area contributed by atoms with Crippen molar-refractivity contribution in [2.75, 3.05) is 0 Å². The summed E-state index contributed by atoms with van der Waals surface area (Å²) < 4.78 is 2.39. The van der Waals surface area contributed by atoms with E-state index in [9.17, 15) is 0 Å². The summed E-state index contributed by atoms with van der Waals surface area (Å²) in [5.74, 6) is 0. The van der Waals surface area contributed by atoms with Crippen LogP contribution in [0.4, 0.5) is 0 Å². The van der Waals surface area contributed by atoms with Crippen molar-refractivity contribution in [2.24, 2.45) is 0 Å². The SMILES string of the molecule is c1ccc(-c2ccc(S(c3ccc(-c4ccccc4)cc3)(c3ccc(-c4ccccc4)cc3)c3cccc(-c4ccc(-n5c6ccccc6c6ccccc65)cc4)c3)cc2)cc1. The molecule has 294 valence electrons. The summed E-state index contributed by atoms with van der Waals surface area (Å²) in [5, 5.41) is 2.54. The Bertz CT molecular complexity index is 3030. The van der Waals surface area contributed by atoms with Crippen LogP contribution < -0.4 is 0 Å². The lowest BCUT2D eigenvalue weighted by molar-refractivity contribution is 1.18. The highest BCUT2D eigenvalue weighted by Crippen LogP contribution is 2.74. The average Bonchev–Trinajstić information content (AvgIpc) is 3.70. The maximum absolute atomic E-state index is 2.45. The van der Waals surface area contributed by atoms with Crippen LogP contribution in [-0.2, 0) is 0 Å². The number of aromatic nitrogens is 1. The van der Waals surface area contributed by atoms with Gasteiger partial charge in [-0.3, -0.25) is 0 Å². The summed E-state index contributed by atoms with van der Waals surface area (Å²) in [6.07, 6.45) is 0. The van der Waals surface area contributed by atoms with Gasteiger partial charge in [0, 0.05) is 36.0 Å². The van der Waals surface area contributed by atoms with E-state index in [4.69, 9.17) is 0 Å². The van der Waals surface area contributed by atoms with Crippen LogP contribution in [0.15, 0.2) is 280 Å². The van der Waals surface area contributed by atoms with Gasteiger partial charge in [-0.1, -0.05) is 188 Å². The van der Waals surface area contributed by atoms with Crippen LogP contribution in [0, 0.1) is 0 Å². The van der Waals surface area contributed by atoms with Crippen molar-refractivity contribution in [1.82, 2.24) is 4.57 Å². The molecular formula is C60H43NS. The molecule has 10 aromatic carbocycles. The minimum absolute atomic E-state index is 1.15. The van der Waals surface area contributed by atoms with Crippen LogP contribution in [0.5, 0.6) is 0 Å². The molecule has 0 spiro atoms. The lowest BCUT2D eigenvalue weighted by Crippen LogP contribution is -2.06. The van der Waals surface area contributed by atoms with Gasteiger partial charge in [-0.2, -0.15) is 0 Å². The molecule has 0 aliphatic heterocycles. The zero-order chi connectivity index (χ0) is 41.3. The summed E-state index contributed by atoms with van der Waals surface area (Å²) in [4.78, 5) is 5.15. The molecule has 0 amide bonds. The van der Waals surface area contributed by atoms with E-state index in [1.54, 1.807) is 0 Å². The van der Waals surface area contributed by atoms with Gasteiger partial charge in [0.05, 0.1) is 11.0 Å². The highest BCUT2D eigenvalue weighted by atomic mass is 32.3. The first-order valence-electron chi connectivity index (χ1n) is 21.2. The van der Waals surface area contributed by atoms with Gasteiger partial charge in [0.1, 0.15) is 0 Å². The van der Waals surface area contributed by atoms with Crippen molar-refractivity contribution >= 4 is 31.8 Å².